The van der Waals surface area contributed by atoms with Crippen LogP contribution in [0, 0.1) is 23.7 Å². The lowest BCUT2D eigenvalue weighted by atomic mass is 9.58. The fourth-order valence-electron chi connectivity index (χ4n) is 6.58. The number of para-hydroxylation sites is 1. The third-order valence-corrected chi connectivity index (χ3v) is 8.33. The van der Waals surface area contributed by atoms with Gasteiger partial charge in [0.15, 0.2) is 18.2 Å². The predicted molar refractivity (Wildman–Crippen MR) is 121 cm³/mol. The van der Waals surface area contributed by atoms with Crippen LogP contribution in [0.25, 0.3) is 11.0 Å². The Morgan fingerprint density at radius 2 is 1.91 bits per heavy atom. The minimum Gasteiger partial charge on any atom is -0.490 e. The lowest BCUT2D eigenvalue weighted by Gasteiger charge is -2.60. The molecule has 5 heterocycles. The van der Waals surface area contributed by atoms with Gasteiger partial charge >= 0.3 is 5.63 Å². The van der Waals surface area contributed by atoms with Crippen molar-refractivity contribution in [2.75, 3.05) is 13.2 Å². The topological polar surface area (TPSA) is 85.6 Å². The van der Waals surface area contributed by atoms with E-state index in [0.717, 1.165) is 31.1 Å². The first-order chi connectivity index (χ1) is 16.4. The number of hydrogen-bond acceptors (Lipinski definition) is 8. The molecule has 1 spiro atoms. The van der Waals surface area contributed by atoms with E-state index >= 15 is 0 Å². The summed E-state index contributed by atoms with van der Waals surface area (Å²) in [6, 6.07) is 8.68. The van der Waals surface area contributed by atoms with Crippen LogP contribution in [0.3, 0.4) is 0 Å². The molecule has 2 aromatic rings. The van der Waals surface area contributed by atoms with Crippen LogP contribution < -0.4 is 10.4 Å². The summed E-state index contributed by atoms with van der Waals surface area (Å²) in [7, 11) is 0. The van der Waals surface area contributed by atoms with Gasteiger partial charge in [0.05, 0.1) is 18.1 Å². The van der Waals surface area contributed by atoms with E-state index in [4.69, 9.17) is 33.1 Å². The second-order valence-electron chi connectivity index (χ2n) is 10.4. The van der Waals surface area contributed by atoms with Gasteiger partial charge in [-0.15, -0.1) is 0 Å². The van der Waals surface area contributed by atoms with Gasteiger partial charge in [-0.3, -0.25) is 0 Å². The van der Waals surface area contributed by atoms with Gasteiger partial charge in [0.1, 0.15) is 17.9 Å². The van der Waals surface area contributed by atoms with E-state index in [1.165, 1.54) is 6.07 Å². The van der Waals surface area contributed by atoms with Crippen LogP contribution in [0.4, 0.5) is 0 Å². The molecule has 7 rings (SSSR count). The van der Waals surface area contributed by atoms with Gasteiger partial charge < -0.3 is 23.4 Å². The van der Waals surface area contributed by atoms with E-state index < -0.39 is 29.6 Å². The molecule has 5 fully saturated rings. The van der Waals surface area contributed by atoms with Crippen molar-refractivity contribution < 1.29 is 33.1 Å². The highest BCUT2D eigenvalue weighted by Gasteiger charge is 2.69. The number of rotatable bonds is 5. The first-order valence-electron chi connectivity index (χ1n) is 12.4. The van der Waals surface area contributed by atoms with Crippen molar-refractivity contribution in [3.05, 3.63) is 40.8 Å². The van der Waals surface area contributed by atoms with Crippen LogP contribution in [0.1, 0.15) is 46.5 Å². The molecule has 34 heavy (non-hydrogen) atoms. The molecule has 184 valence electrons. The molecule has 1 aliphatic carbocycles. The Kier molecular flexibility index (Phi) is 5.50. The van der Waals surface area contributed by atoms with E-state index in [9.17, 15) is 4.79 Å². The highest BCUT2D eigenvalue weighted by molar-refractivity contribution is 5.82. The van der Waals surface area contributed by atoms with Crippen molar-refractivity contribution in [3.8, 4) is 5.75 Å². The molecule has 1 aromatic carbocycles. The minimum atomic E-state index is -0.804. The van der Waals surface area contributed by atoms with Crippen LogP contribution in [-0.2, 0) is 24.0 Å². The summed E-state index contributed by atoms with van der Waals surface area (Å²) in [6.45, 7) is 6.97. The molecule has 1 aromatic heterocycles. The summed E-state index contributed by atoms with van der Waals surface area (Å²) in [5.41, 5.74) is -0.542. The van der Waals surface area contributed by atoms with Crippen molar-refractivity contribution in [1.82, 2.24) is 0 Å². The van der Waals surface area contributed by atoms with Crippen LogP contribution in [0.2, 0.25) is 0 Å². The van der Waals surface area contributed by atoms with Gasteiger partial charge in [-0.25, -0.2) is 14.6 Å². The number of benzene rings is 1. The molecule has 8 nitrogen and oxygen atoms in total. The van der Waals surface area contributed by atoms with E-state index in [1.807, 2.05) is 25.1 Å². The Balaban J connectivity index is 1.16. The number of fused-ring (bicyclic) bond motifs is 3. The lowest BCUT2D eigenvalue weighted by molar-refractivity contribution is -0.577. The van der Waals surface area contributed by atoms with Crippen LogP contribution in [-0.4, -0.2) is 37.2 Å². The van der Waals surface area contributed by atoms with Crippen LogP contribution in [0.5, 0.6) is 5.75 Å². The molecule has 2 bridgehead atoms. The quantitative estimate of drug-likeness (QED) is 0.360. The normalized spacial score (nSPS) is 41.1. The monoisotopic (exact) mass is 472 g/mol. The second kappa shape index (κ2) is 8.31. The molecule has 8 atom stereocenters. The van der Waals surface area contributed by atoms with Gasteiger partial charge in [0.2, 0.25) is 5.79 Å². The van der Waals surface area contributed by atoms with Gasteiger partial charge in [0, 0.05) is 18.3 Å². The molecular formula is C26H32O8. The predicted octanol–water partition coefficient (Wildman–Crippen LogP) is 4.40. The smallest absolute Gasteiger partial charge is 0.339 e. The molecule has 0 amide bonds. The average Bonchev–Trinajstić information content (AvgIpc) is 3.05. The van der Waals surface area contributed by atoms with Gasteiger partial charge in [-0.2, -0.15) is 0 Å². The van der Waals surface area contributed by atoms with Crippen molar-refractivity contribution in [1.29, 1.82) is 0 Å². The lowest BCUT2D eigenvalue weighted by Crippen LogP contribution is -2.70. The molecule has 4 saturated heterocycles. The Labute approximate surface area is 198 Å². The third-order valence-electron chi connectivity index (χ3n) is 8.33. The number of hydrogen-bond donors (Lipinski definition) is 0. The molecule has 0 radical (unpaired) electrons. The van der Waals surface area contributed by atoms with Crippen molar-refractivity contribution in [2.24, 2.45) is 23.7 Å². The summed E-state index contributed by atoms with van der Waals surface area (Å²) >= 11 is 0. The van der Waals surface area contributed by atoms with E-state index in [0.29, 0.717) is 29.8 Å². The van der Waals surface area contributed by atoms with Gasteiger partial charge in [0.25, 0.3) is 0 Å². The summed E-state index contributed by atoms with van der Waals surface area (Å²) in [5, 5.41) is 0.752. The maximum atomic E-state index is 11.9. The average molecular weight is 473 g/mol. The molecule has 1 unspecified atom stereocenters. The SMILES string of the molecule is C[C@H]1[C@@H](OCCOc2cc(=O)oc3ccccc23)O[C@@H]2O[C@@]3(C)CCC4[C@H](C)CC[C@@H]1[C@]42OO3. The third kappa shape index (κ3) is 3.50. The summed E-state index contributed by atoms with van der Waals surface area (Å²) in [4.78, 5) is 23.9. The molecule has 4 aliphatic heterocycles. The van der Waals surface area contributed by atoms with E-state index in [-0.39, 0.29) is 18.4 Å². The summed E-state index contributed by atoms with van der Waals surface area (Å²) in [5.74, 6) is 0.839. The zero-order valence-corrected chi connectivity index (χ0v) is 19.9. The fraction of sp³-hybridized carbons (Fsp3) is 0.654. The highest BCUT2D eigenvalue weighted by atomic mass is 17.3. The Morgan fingerprint density at radius 3 is 2.79 bits per heavy atom. The molecular weight excluding hydrogens is 440 g/mol. The van der Waals surface area contributed by atoms with Crippen LogP contribution in [0.15, 0.2) is 39.5 Å². The van der Waals surface area contributed by atoms with Gasteiger partial charge in [-0.05, 0) is 50.2 Å². The number of ether oxygens (including phenoxy) is 4. The molecule has 1 saturated carbocycles. The zero-order valence-electron chi connectivity index (χ0n) is 19.9. The second-order valence-corrected chi connectivity index (χ2v) is 10.4. The van der Waals surface area contributed by atoms with Gasteiger partial charge in [-0.1, -0.05) is 26.0 Å². The van der Waals surface area contributed by atoms with Crippen molar-refractivity contribution >= 4 is 11.0 Å². The summed E-state index contributed by atoms with van der Waals surface area (Å²) < 4.78 is 30.1. The molecule has 0 N–H and O–H groups in total. The molecule has 8 heteroatoms. The first kappa shape index (κ1) is 22.5. The maximum Gasteiger partial charge on any atom is 0.339 e. The Hall–Kier alpha value is -1.97. The van der Waals surface area contributed by atoms with Crippen molar-refractivity contribution in [2.45, 2.75) is 70.4 Å². The minimum absolute atomic E-state index is 0.102. The van der Waals surface area contributed by atoms with Crippen LogP contribution >= 0.6 is 0 Å². The van der Waals surface area contributed by atoms with Crippen molar-refractivity contribution in [3.63, 3.8) is 0 Å². The highest BCUT2D eigenvalue weighted by Crippen LogP contribution is 2.60. The Morgan fingerprint density at radius 1 is 1.06 bits per heavy atom. The fourth-order valence-corrected chi connectivity index (χ4v) is 6.58. The summed E-state index contributed by atoms with van der Waals surface area (Å²) in [6.07, 6.45) is 2.97. The largest absolute Gasteiger partial charge is 0.490 e. The van der Waals surface area contributed by atoms with E-state index in [1.54, 1.807) is 6.07 Å². The Bertz CT molecular complexity index is 1120. The zero-order chi connectivity index (χ0) is 23.5. The standard InChI is InChI=1S/C26H32O8/c1-15-8-9-19-16(2)23(31-24-26(19)18(15)10-11-25(3,32-24)33-34-26)29-13-12-28-21-14-22(27)30-20-7-5-4-6-17(20)21/h4-7,14-16,18-19,23-24H,8-13H2,1-3H3/t15-,16-,18?,19+,23+,24-,25-,26-/m1/s1. The first-order valence-corrected chi connectivity index (χ1v) is 12.4. The maximum absolute atomic E-state index is 11.9. The van der Waals surface area contributed by atoms with E-state index in [2.05, 4.69) is 13.8 Å². The molecule has 5 aliphatic rings.